The van der Waals surface area contributed by atoms with Gasteiger partial charge in [0.15, 0.2) is 5.96 Å². The Balaban J connectivity index is 1.55. The summed E-state index contributed by atoms with van der Waals surface area (Å²) < 4.78 is 18.7. The van der Waals surface area contributed by atoms with Crippen LogP contribution in [0.4, 0.5) is 4.39 Å². The lowest BCUT2D eigenvalue weighted by atomic mass is 10.1. The van der Waals surface area contributed by atoms with Crippen LogP contribution in [-0.2, 0) is 6.54 Å². The van der Waals surface area contributed by atoms with Crippen LogP contribution in [0, 0.1) is 5.82 Å². The monoisotopic (exact) mass is 422 g/mol. The van der Waals surface area contributed by atoms with Gasteiger partial charge in [-0.2, -0.15) is 0 Å². The number of ether oxygens (including phenoxy) is 1. The van der Waals surface area contributed by atoms with Gasteiger partial charge in [0, 0.05) is 25.4 Å². The molecule has 0 saturated carbocycles. The minimum Gasteiger partial charge on any atom is -0.439 e. The Bertz CT molecular complexity index is 965. The first-order valence-corrected chi connectivity index (χ1v) is 10.3. The lowest BCUT2D eigenvalue weighted by molar-refractivity contribution is 0.168. The Morgan fingerprint density at radius 3 is 2.61 bits per heavy atom. The number of nitrogens with one attached hydrogen (secondary N) is 2. The molecule has 0 saturated heterocycles. The minimum atomic E-state index is -0.525. The van der Waals surface area contributed by atoms with Crippen molar-refractivity contribution >= 4 is 5.96 Å². The third-order valence-electron chi connectivity index (χ3n) is 4.49. The van der Waals surface area contributed by atoms with E-state index in [1.807, 2.05) is 43.3 Å². The van der Waals surface area contributed by atoms with Crippen molar-refractivity contribution in [1.29, 1.82) is 0 Å². The molecule has 0 radical (unpaired) electrons. The van der Waals surface area contributed by atoms with E-state index in [9.17, 15) is 9.50 Å². The molecular weight excluding hydrogens is 395 g/mol. The highest BCUT2D eigenvalue weighted by Gasteiger charge is 2.07. The first-order valence-electron chi connectivity index (χ1n) is 10.3. The Hall–Kier alpha value is -3.45. The topological polar surface area (TPSA) is 78.8 Å². The molecule has 162 valence electrons. The van der Waals surface area contributed by atoms with Gasteiger partial charge >= 0.3 is 0 Å². The lowest BCUT2D eigenvalue weighted by Gasteiger charge is -2.14. The number of aliphatic hydroxyl groups is 1. The first-order chi connectivity index (χ1) is 15.1. The summed E-state index contributed by atoms with van der Waals surface area (Å²) in [5, 5.41) is 16.7. The minimum absolute atomic E-state index is 0.317. The number of aliphatic hydroxyl groups excluding tert-OH is 1. The van der Waals surface area contributed by atoms with E-state index in [2.05, 4.69) is 20.6 Å². The molecule has 0 amide bonds. The zero-order chi connectivity index (χ0) is 21.9. The van der Waals surface area contributed by atoms with Gasteiger partial charge in [-0.25, -0.2) is 14.4 Å². The molecule has 0 aliphatic carbocycles. The van der Waals surface area contributed by atoms with Gasteiger partial charge in [0.1, 0.15) is 11.6 Å². The van der Waals surface area contributed by atoms with Gasteiger partial charge in [-0.1, -0.05) is 30.3 Å². The van der Waals surface area contributed by atoms with Crippen LogP contribution < -0.4 is 15.4 Å². The summed E-state index contributed by atoms with van der Waals surface area (Å²) in [7, 11) is 0. The van der Waals surface area contributed by atoms with Gasteiger partial charge in [0.05, 0.1) is 12.6 Å². The van der Waals surface area contributed by atoms with Crippen molar-refractivity contribution in [2.24, 2.45) is 4.99 Å². The SMILES string of the molecule is CCNC(=NCc1ccnc(Oc2ccc(F)cc2)c1)NCCC(O)c1ccccc1. The highest BCUT2D eigenvalue weighted by molar-refractivity contribution is 5.79. The lowest BCUT2D eigenvalue weighted by Crippen LogP contribution is -2.38. The molecule has 1 heterocycles. The summed E-state index contributed by atoms with van der Waals surface area (Å²) in [4.78, 5) is 8.79. The van der Waals surface area contributed by atoms with Crippen molar-refractivity contribution in [3.63, 3.8) is 0 Å². The van der Waals surface area contributed by atoms with E-state index in [1.54, 1.807) is 24.4 Å². The third-order valence-corrected chi connectivity index (χ3v) is 4.49. The molecule has 1 atom stereocenters. The van der Waals surface area contributed by atoms with Gasteiger partial charge in [0.25, 0.3) is 0 Å². The maximum absolute atomic E-state index is 13.0. The fourth-order valence-corrected chi connectivity index (χ4v) is 2.91. The molecule has 0 aliphatic heterocycles. The summed E-state index contributed by atoms with van der Waals surface area (Å²) in [6.45, 7) is 3.73. The molecule has 3 N–H and O–H groups in total. The maximum atomic E-state index is 13.0. The van der Waals surface area contributed by atoms with Crippen LogP contribution in [0.25, 0.3) is 0 Å². The number of pyridine rings is 1. The second-order valence-electron chi connectivity index (χ2n) is 6.90. The molecule has 6 nitrogen and oxygen atoms in total. The van der Waals surface area contributed by atoms with E-state index < -0.39 is 6.10 Å². The van der Waals surface area contributed by atoms with Crippen molar-refractivity contribution in [1.82, 2.24) is 15.6 Å². The first kappa shape index (κ1) is 22.2. The molecular formula is C24H27FN4O2. The van der Waals surface area contributed by atoms with E-state index >= 15 is 0 Å². The molecule has 2 aromatic carbocycles. The number of aliphatic imine (C=N–C) groups is 1. The van der Waals surface area contributed by atoms with Crippen LogP contribution in [0.15, 0.2) is 77.9 Å². The molecule has 0 spiro atoms. The van der Waals surface area contributed by atoms with Gasteiger partial charge in [-0.15, -0.1) is 0 Å². The molecule has 1 unspecified atom stereocenters. The van der Waals surface area contributed by atoms with Crippen LogP contribution in [0.3, 0.4) is 0 Å². The summed E-state index contributed by atoms with van der Waals surface area (Å²) in [5.74, 6) is 1.29. The quantitative estimate of drug-likeness (QED) is 0.356. The van der Waals surface area contributed by atoms with Crippen LogP contribution in [0.5, 0.6) is 11.6 Å². The normalized spacial score (nSPS) is 12.3. The van der Waals surface area contributed by atoms with Crippen molar-refractivity contribution < 1.29 is 14.2 Å². The number of hydrogen-bond donors (Lipinski definition) is 3. The van der Waals surface area contributed by atoms with E-state index in [-0.39, 0.29) is 5.82 Å². The molecule has 0 bridgehead atoms. The molecule has 3 rings (SSSR count). The Morgan fingerprint density at radius 2 is 1.87 bits per heavy atom. The summed E-state index contributed by atoms with van der Waals surface area (Å²) >= 11 is 0. The van der Waals surface area contributed by atoms with E-state index in [0.717, 1.165) is 17.7 Å². The Kier molecular flexibility index (Phi) is 8.37. The van der Waals surface area contributed by atoms with Gasteiger partial charge in [0.2, 0.25) is 5.88 Å². The van der Waals surface area contributed by atoms with Crippen LogP contribution in [0.2, 0.25) is 0 Å². The van der Waals surface area contributed by atoms with E-state index in [0.29, 0.717) is 37.1 Å². The summed E-state index contributed by atoms with van der Waals surface area (Å²) in [5.41, 5.74) is 1.82. The average Bonchev–Trinajstić information content (AvgIpc) is 2.80. The number of aromatic nitrogens is 1. The maximum Gasteiger partial charge on any atom is 0.219 e. The average molecular weight is 423 g/mol. The largest absolute Gasteiger partial charge is 0.439 e. The van der Waals surface area contributed by atoms with Crippen molar-refractivity contribution in [3.8, 4) is 11.6 Å². The van der Waals surface area contributed by atoms with Crippen molar-refractivity contribution in [2.75, 3.05) is 13.1 Å². The second-order valence-corrected chi connectivity index (χ2v) is 6.90. The zero-order valence-corrected chi connectivity index (χ0v) is 17.5. The molecule has 31 heavy (non-hydrogen) atoms. The van der Waals surface area contributed by atoms with Crippen molar-refractivity contribution in [3.05, 3.63) is 89.9 Å². The fraction of sp³-hybridized carbons (Fsp3) is 0.250. The predicted octanol–water partition coefficient (Wildman–Crippen LogP) is 4.19. The Morgan fingerprint density at radius 1 is 1.10 bits per heavy atom. The molecule has 0 fully saturated rings. The smallest absolute Gasteiger partial charge is 0.219 e. The molecule has 1 aromatic heterocycles. The van der Waals surface area contributed by atoms with Gasteiger partial charge in [-0.3, -0.25) is 0 Å². The highest BCUT2D eigenvalue weighted by atomic mass is 19.1. The van der Waals surface area contributed by atoms with E-state index in [1.165, 1.54) is 12.1 Å². The van der Waals surface area contributed by atoms with Gasteiger partial charge < -0.3 is 20.5 Å². The fourth-order valence-electron chi connectivity index (χ4n) is 2.91. The highest BCUT2D eigenvalue weighted by Crippen LogP contribution is 2.20. The molecule has 0 aliphatic rings. The Labute approximate surface area is 181 Å². The molecule has 7 heteroatoms. The number of nitrogens with zero attached hydrogens (tertiary/aromatic N) is 2. The van der Waals surface area contributed by atoms with Crippen LogP contribution in [-0.4, -0.2) is 29.1 Å². The number of hydrogen-bond acceptors (Lipinski definition) is 4. The van der Waals surface area contributed by atoms with Crippen molar-refractivity contribution in [2.45, 2.75) is 26.0 Å². The summed E-state index contributed by atoms with van der Waals surface area (Å²) in [6.07, 6.45) is 1.70. The number of halogens is 1. The second kappa shape index (κ2) is 11.7. The molecule has 3 aromatic rings. The zero-order valence-electron chi connectivity index (χ0n) is 17.5. The van der Waals surface area contributed by atoms with E-state index in [4.69, 9.17) is 4.74 Å². The number of guanidine groups is 1. The third kappa shape index (κ3) is 7.38. The van der Waals surface area contributed by atoms with Crippen LogP contribution >= 0.6 is 0 Å². The number of benzene rings is 2. The predicted molar refractivity (Wildman–Crippen MR) is 120 cm³/mol. The standard InChI is InChI=1S/C24H27FN4O2/c1-2-26-24(28-15-13-22(30)19-6-4-3-5-7-19)29-17-18-12-14-27-23(16-18)31-21-10-8-20(25)9-11-21/h3-12,14,16,22,30H,2,13,15,17H2,1H3,(H2,26,28,29). The summed E-state index contributed by atoms with van der Waals surface area (Å²) in [6, 6.07) is 19.1. The number of rotatable bonds is 9. The van der Waals surface area contributed by atoms with Gasteiger partial charge in [-0.05, 0) is 54.8 Å². The van der Waals surface area contributed by atoms with Crippen LogP contribution in [0.1, 0.15) is 30.6 Å².